The highest BCUT2D eigenvalue weighted by atomic mass is 79.9. The fourth-order valence-corrected chi connectivity index (χ4v) is 4.00. The molecule has 3 amide bonds. The largest absolute Gasteiger partial charge is 0.452 e. The van der Waals surface area contributed by atoms with Crippen LogP contribution in [0.15, 0.2) is 71.2 Å². The van der Waals surface area contributed by atoms with E-state index < -0.39 is 36.3 Å². The predicted molar refractivity (Wildman–Crippen MR) is 130 cm³/mol. The minimum absolute atomic E-state index is 0.0846. The first-order valence-corrected chi connectivity index (χ1v) is 11.4. The van der Waals surface area contributed by atoms with Gasteiger partial charge in [0, 0.05) is 10.2 Å². The first kappa shape index (κ1) is 23.4. The molecule has 1 heterocycles. The molecule has 3 aromatic rings. The first-order chi connectivity index (χ1) is 16.3. The number of esters is 1. The molecular weight excluding hydrogens is 500 g/mol. The molecule has 34 heavy (non-hydrogen) atoms. The van der Waals surface area contributed by atoms with Crippen molar-refractivity contribution in [3.05, 3.63) is 99.0 Å². The first-order valence-electron chi connectivity index (χ1n) is 10.6. The van der Waals surface area contributed by atoms with Crippen molar-refractivity contribution in [2.75, 3.05) is 11.9 Å². The highest BCUT2D eigenvalue weighted by Crippen LogP contribution is 2.31. The maximum absolute atomic E-state index is 13.0. The fraction of sp³-hybridized carbons (Fsp3) is 0.154. The number of hydrogen-bond acceptors (Lipinski definition) is 5. The fourth-order valence-electron chi connectivity index (χ4n) is 3.75. The second-order valence-electron chi connectivity index (χ2n) is 7.92. The summed E-state index contributed by atoms with van der Waals surface area (Å²) >= 11 is 3.39. The van der Waals surface area contributed by atoms with Gasteiger partial charge in [0.05, 0.1) is 22.7 Å². The van der Waals surface area contributed by atoms with Crippen molar-refractivity contribution in [3.63, 3.8) is 0 Å². The van der Waals surface area contributed by atoms with Crippen LogP contribution in [0.25, 0.3) is 0 Å². The minimum Gasteiger partial charge on any atom is -0.452 e. The van der Waals surface area contributed by atoms with E-state index in [0.717, 1.165) is 15.6 Å². The number of fused-ring (bicyclic) bond motifs is 1. The highest BCUT2D eigenvalue weighted by Gasteiger charge is 2.39. The van der Waals surface area contributed by atoms with Crippen molar-refractivity contribution < 1.29 is 23.9 Å². The number of amides is 3. The van der Waals surface area contributed by atoms with Crippen LogP contribution in [0.2, 0.25) is 0 Å². The molecule has 0 saturated carbocycles. The Morgan fingerprint density at radius 1 is 0.971 bits per heavy atom. The maximum atomic E-state index is 13.0. The van der Waals surface area contributed by atoms with Gasteiger partial charge >= 0.3 is 5.97 Å². The SMILES string of the molecule is Cc1cc(NC(=O)COC(=O)c2ccc3c(c2)C(=O)N([C@H](C)c2ccccc2)C3=O)ccc1Br. The third kappa shape index (κ3) is 4.63. The van der Waals surface area contributed by atoms with Gasteiger partial charge in [0.15, 0.2) is 6.61 Å². The van der Waals surface area contributed by atoms with E-state index in [-0.39, 0.29) is 16.7 Å². The van der Waals surface area contributed by atoms with Crippen LogP contribution < -0.4 is 5.32 Å². The number of benzene rings is 3. The van der Waals surface area contributed by atoms with Gasteiger partial charge in [-0.05, 0) is 61.4 Å². The van der Waals surface area contributed by atoms with E-state index in [1.54, 1.807) is 19.1 Å². The molecule has 1 aliphatic heterocycles. The summed E-state index contributed by atoms with van der Waals surface area (Å²) < 4.78 is 6.03. The van der Waals surface area contributed by atoms with Gasteiger partial charge in [-0.15, -0.1) is 0 Å². The number of ether oxygens (including phenoxy) is 1. The lowest BCUT2D eigenvalue weighted by atomic mass is 10.1. The molecule has 0 radical (unpaired) electrons. The van der Waals surface area contributed by atoms with Crippen molar-refractivity contribution >= 4 is 45.3 Å². The summed E-state index contributed by atoms with van der Waals surface area (Å²) in [5.41, 5.74) is 2.80. The summed E-state index contributed by atoms with van der Waals surface area (Å²) in [6.45, 7) is 3.17. The number of nitrogens with one attached hydrogen (secondary N) is 1. The molecule has 0 spiro atoms. The zero-order valence-corrected chi connectivity index (χ0v) is 20.1. The maximum Gasteiger partial charge on any atom is 0.338 e. The molecule has 1 N–H and O–H groups in total. The zero-order chi connectivity index (χ0) is 24.4. The zero-order valence-electron chi connectivity index (χ0n) is 18.5. The van der Waals surface area contributed by atoms with Crippen molar-refractivity contribution in [1.82, 2.24) is 4.90 Å². The smallest absolute Gasteiger partial charge is 0.338 e. The second-order valence-corrected chi connectivity index (χ2v) is 8.77. The monoisotopic (exact) mass is 520 g/mol. The Morgan fingerprint density at radius 2 is 1.68 bits per heavy atom. The lowest BCUT2D eigenvalue weighted by Crippen LogP contribution is -2.32. The topological polar surface area (TPSA) is 92.8 Å². The number of aryl methyl sites for hydroxylation is 1. The molecule has 7 nitrogen and oxygen atoms in total. The molecule has 0 fully saturated rings. The van der Waals surface area contributed by atoms with E-state index in [0.29, 0.717) is 5.69 Å². The van der Waals surface area contributed by atoms with Gasteiger partial charge in [-0.3, -0.25) is 19.3 Å². The van der Waals surface area contributed by atoms with E-state index in [1.165, 1.54) is 23.1 Å². The van der Waals surface area contributed by atoms with E-state index in [2.05, 4.69) is 21.2 Å². The molecule has 8 heteroatoms. The van der Waals surface area contributed by atoms with Crippen LogP contribution in [0, 0.1) is 6.92 Å². The van der Waals surface area contributed by atoms with Gasteiger partial charge < -0.3 is 10.1 Å². The van der Waals surface area contributed by atoms with Crippen molar-refractivity contribution in [3.8, 4) is 0 Å². The van der Waals surface area contributed by atoms with Crippen LogP contribution in [0.5, 0.6) is 0 Å². The number of nitrogens with zero attached hydrogens (tertiary/aromatic N) is 1. The Bertz CT molecular complexity index is 1310. The van der Waals surface area contributed by atoms with E-state index in [1.807, 2.05) is 43.3 Å². The van der Waals surface area contributed by atoms with Crippen LogP contribution in [-0.2, 0) is 9.53 Å². The molecule has 4 rings (SSSR count). The Balaban J connectivity index is 1.43. The summed E-state index contributed by atoms with van der Waals surface area (Å²) in [6.07, 6.45) is 0. The van der Waals surface area contributed by atoms with Crippen LogP contribution in [0.3, 0.4) is 0 Å². The van der Waals surface area contributed by atoms with Crippen LogP contribution in [0.4, 0.5) is 5.69 Å². The Hall–Kier alpha value is -3.78. The average molecular weight is 521 g/mol. The molecule has 3 aromatic carbocycles. The third-order valence-corrected chi connectivity index (χ3v) is 6.49. The number of carbonyl (C=O) groups excluding carboxylic acids is 4. The molecule has 0 unspecified atom stereocenters. The number of anilines is 1. The number of carbonyl (C=O) groups is 4. The van der Waals surface area contributed by atoms with Gasteiger partial charge in [-0.2, -0.15) is 0 Å². The number of halogens is 1. The molecule has 0 bridgehead atoms. The summed E-state index contributed by atoms with van der Waals surface area (Å²) in [4.78, 5) is 51.7. The van der Waals surface area contributed by atoms with Crippen molar-refractivity contribution in [2.45, 2.75) is 19.9 Å². The van der Waals surface area contributed by atoms with E-state index in [4.69, 9.17) is 4.74 Å². The van der Waals surface area contributed by atoms with Gasteiger partial charge in [0.25, 0.3) is 17.7 Å². The number of hydrogen-bond donors (Lipinski definition) is 1. The van der Waals surface area contributed by atoms with E-state index in [9.17, 15) is 19.2 Å². The molecule has 0 aliphatic carbocycles. The quantitative estimate of drug-likeness (QED) is 0.368. The summed E-state index contributed by atoms with van der Waals surface area (Å²) in [5.74, 6) is -2.15. The lowest BCUT2D eigenvalue weighted by Gasteiger charge is -2.22. The lowest BCUT2D eigenvalue weighted by molar-refractivity contribution is -0.119. The number of rotatable bonds is 6. The Kier molecular flexibility index (Phi) is 6.61. The van der Waals surface area contributed by atoms with Crippen molar-refractivity contribution in [2.24, 2.45) is 0 Å². The predicted octanol–water partition coefficient (Wildman–Crippen LogP) is 4.91. The molecule has 1 atom stereocenters. The normalized spacial score (nSPS) is 13.4. The molecule has 172 valence electrons. The average Bonchev–Trinajstić information content (AvgIpc) is 3.09. The van der Waals surface area contributed by atoms with Gasteiger partial charge in [-0.1, -0.05) is 46.3 Å². The van der Waals surface area contributed by atoms with E-state index >= 15 is 0 Å². The van der Waals surface area contributed by atoms with Crippen LogP contribution in [0.1, 0.15) is 55.2 Å². The number of imide groups is 1. The van der Waals surface area contributed by atoms with Gasteiger partial charge in [-0.25, -0.2) is 4.79 Å². The minimum atomic E-state index is -0.764. The molecule has 0 saturated heterocycles. The molecule has 1 aliphatic rings. The van der Waals surface area contributed by atoms with Gasteiger partial charge in [0.1, 0.15) is 0 Å². The van der Waals surface area contributed by atoms with Gasteiger partial charge in [0.2, 0.25) is 0 Å². The Labute approximate surface area is 204 Å². The molecular formula is C26H21BrN2O5. The highest BCUT2D eigenvalue weighted by molar-refractivity contribution is 9.10. The standard InChI is InChI=1S/C26H21BrN2O5/c1-15-12-19(9-11-22(15)27)28-23(30)14-34-26(33)18-8-10-20-21(13-18)25(32)29(24(20)31)16(2)17-6-4-3-5-7-17/h3-13,16H,14H2,1-2H3,(H,28,30)/t16-/m1/s1. The molecule has 0 aromatic heterocycles. The van der Waals surface area contributed by atoms with Crippen LogP contribution in [-0.4, -0.2) is 35.2 Å². The van der Waals surface area contributed by atoms with Crippen molar-refractivity contribution in [1.29, 1.82) is 0 Å². The van der Waals surface area contributed by atoms with Crippen LogP contribution >= 0.6 is 15.9 Å². The Morgan fingerprint density at radius 3 is 2.38 bits per heavy atom. The summed E-state index contributed by atoms with van der Waals surface area (Å²) in [6, 6.07) is 18.3. The summed E-state index contributed by atoms with van der Waals surface area (Å²) in [5, 5.41) is 2.66. The summed E-state index contributed by atoms with van der Waals surface area (Å²) in [7, 11) is 0. The third-order valence-electron chi connectivity index (χ3n) is 5.60. The second kappa shape index (κ2) is 9.61.